The first-order valence-electron chi connectivity index (χ1n) is 3.01. The van der Waals surface area contributed by atoms with Crippen LogP contribution in [-0.2, 0) is 0 Å². The number of halogens is 1. The Bertz CT molecular complexity index is 211. The summed E-state index contributed by atoms with van der Waals surface area (Å²) in [5, 5.41) is 3.46. The first-order valence-corrected chi connectivity index (χ1v) is 3.01. The molecule has 0 aromatic carbocycles. The van der Waals surface area contributed by atoms with E-state index in [1.165, 1.54) is 6.07 Å². The molecule has 2 N–H and O–H groups in total. The van der Waals surface area contributed by atoms with E-state index in [9.17, 15) is 4.39 Å². The molecule has 56 valence electrons. The number of alkyl halides is 1. The molecule has 0 aliphatic carbocycles. The molecule has 1 heterocycles. The summed E-state index contributed by atoms with van der Waals surface area (Å²) in [4.78, 5) is 0. The molecule has 0 bridgehead atoms. The zero-order valence-electron chi connectivity index (χ0n) is 5.67. The minimum absolute atomic E-state index is 0.0496. The molecular weight excluding hydrogens is 135 g/mol. The minimum atomic E-state index is -1.20. The van der Waals surface area contributed by atoms with Gasteiger partial charge in [0.2, 0.25) is 0 Å². The lowest BCUT2D eigenvalue weighted by atomic mass is 10.3. The number of aromatic nitrogens is 1. The highest BCUT2D eigenvalue weighted by molar-refractivity contribution is 5.06. The maximum absolute atomic E-state index is 12.6. The summed E-state index contributed by atoms with van der Waals surface area (Å²) in [6.45, 7) is 1.66. The Morgan fingerprint density at radius 3 is 3.00 bits per heavy atom. The molecule has 1 unspecified atom stereocenters. The topological polar surface area (TPSA) is 52.0 Å². The lowest BCUT2D eigenvalue weighted by Crippen LogP contribution is -2.07. The molecular formula is C6H9FN2O. The summed E-state index contributed by atoms with van der Waals surface area (Å²) in [5.41, 5.74) is 5.33. The summed E-state index contributed by atoms with van der Waals surface area (Å²) in [5.74, 6) is 0.603. The third kappa shape index (κ3) is 1.33. The largest absolute Gasteiger partial charge is 0.361 e. The molecule has 0 aliphatic rings. The lowest BCUT2D eigenvalue weighted by molar-refractivity contribution is 0.316. The van der Waals surface area contributed by atoms with Crippen LogP contribution in [0.3, 0.4) is 0 Å². The molecule has 3 nitrogen and oxygen atoms in total. The van der Waals surface area contributed by atoms with Crippen LogP contribution in [0.5, 0.6) is 0 Å². The third-order valence-electron chi connectivity index (χ3n) is 1.17. The molecule has 1 atom stereocenters. The van der Waals surface area contributed by atoms with Crippen molar-refractivity contribution in [2.24, 2.45) is 5.73 Å². The molecule has 0 amide bonds. The quantitative estimate of drug-likeness (QED) is 0.672. The van der Waals surface area contributed by atoms with E-state index in [1.807, 2.05) is 0 Å². The van der Waals surface area contributed by atoms with Crippen LogP contribution >= 0.6 is 0 Å². The molecule has 1 aromatic rings. The molecule has 1 aromatic heterocycles. The van der Waals surface area contributed by atoms with Gasteiger partial charge in [0.25, 0.3) is 0 Å². The van der Waals surface area contributed by atoms with E-state index in [4.69, 9.17) is 5.73 Å². The molecule has 0 fully saturated rings. The Labute approximate surface area is 58.0 Å². The van der Waals surface area contributed by atoms with Crippen LogP contribution in [0.1, 0.15) is 17.6 Å². The molecule has 0 aliphatic heterocycles. The first kappa shape index (κ1) is 7.21. The van der Waals surface area contributed by atoms with Crippen molar-refractivity contribution in [2.75, 3.05) is 6.54 Å². The summed E-state index contributed by atoms with van der Waals surface area (Å²) in [6, 6.07) is 1.54. The van der Waals surface area contributed by atoms with Gasteiger partial charge in [0.1, 0.15) is 11.5 Å². The van der Waals surface area contributed by atoms with Gasteiger partial charge in [-0.1, -0.05) is 5.16 Å². The summed E-state index contributed by atoms with van der Waals surface area (Å²) >= 11 is 0. The maximum atomic E-state index is 12.6. The molecule has 0 saturated heterocycles. The highest BCUT2D eigenvalue weighted by atomic mass is 19.1. The van der Waals surface area contributed by atoms with Crippen molar-refractivity contribution in [3.8, 4) is 0 Å². The average Bonchev–Trinajstić information content (AvgIpc) is 2.34. The number of hydrogen-bond acceptors (Lipinski definition) is 3. The molecule has 0 saturated carbocycles. The molecule has 10 heavy (non-hydrogen) atoms. The van der Waals surface area contributed by atoms with Gasteiger partial charge in [-0.15, -0.1) is 0 Å². The van der Waals surface area contributed by atoms with Crippen LogP contribution < -0.4 is 5.73 Å². The number of rotatable bonds is 2. The van der Waals surface area contributed by atoms with Gasteiger partial charge in [-0.05, 0) is 6.92 Å². The number of nitrogens with zero attached hydrogens (tertiary/aromatic N) is 1. The van der Waals surface area contributed by atoms with Gasteiger partial charge in [0.15, 0.2) is 6.17 Å². The van der Waals surface area contributed by atoms with Crippen LogP contribution in [0.25, 0.3) is 0 Å². The van der Waals surface area contributed by atoms with E-state index >= 15 is 0 Å². The maximum Gasteiger partial charge on any atom is 0.157 e. The second-order valence-corrected chi connectivity index (χ2v) is 2.07. The van der Waals surface area contributed by atoms with Gasteiger partial charge in [0.05, 0.1) is 0 Å². The predicted molar refractivity (Wildman–Crippen MR) is 34.1 cm³/mol. The van der Waals surface area contributed by atoms with Crippen LogP contribution in [0.4, 0.5) is 4.39 Å². The Hall–Kier alpha value is -0.900. The van der Waals surface area contributed by atoms with Gasteiger partial charge in [-0.2, -0.15) is 0 Å². The Morgan fingerprint density at radius 1 is 1.90 bits per heavy atom. The molecule has 0 radical (unpaired) electrons. The van der Waals surface area contributed by atoms with E-state index in [0.717, 1.165) is 0 Å². The van der Waals surface area contributed by atoms with Gasteiger partial charge in [0, 0.05) is 12.6 Å². The van der Waals surface area contributed by atoms with Gasteiger partial charge in [-0.3, -0.25) is 0 Å². The van der Waals surface area contributed by atoms with Crippen molar-refractivity contribution in [3.63, 3.8) is 0 Å². The Kier molecular flexibility index (Phi) is 2.01. The fourth-order valence-electron chi connectivity index (χ4n) is 0.654. The number of nitrogens with two attached hydrogens (primary N) is 1. The van der Waals surface area contributed by atoms with Crippen molar-refractivity contribution in [3.05, 3.63) is 17.5 Å². The summed E-state index contributed by atoms with van der Waals surface area (Å²) < 4.78 is 17.3. The van der Waals surface area contributed by atoms with Crippen molar-refractivity contribution in [1.29, 1.82) is 0 Å². The predicted octanol–water partition coefficient (Wildman–Crippen LogP) is 0.952. The van der Waals surface area contributed by atoms with Crippen LogP contribution in [0, 0.1) is 6.92 Å². The standard InChI is InChI=1S/C6H9FN2O/c1-4-2-6(9-10-4)5(7)3-8/h2,5H,3,8H2,1H3. The van der Waals surface area contributed by atoms with Gasteiger partial charge >= 0.3 is 0 Å². The van der Waals surface area contributed by atoms with E-state index in [0.29, 0.717) is 5.76 Å². The van der Waals surface area contributed by atoms with Crippen molar-refractivity contribution < 1.29 is 8.91 Å². The summed E-state index contributed by atoms with van der Waals surface area (Å²) in [7, 11) is 0. The van der Waals surface area contributed by atoms with Crippen molar-refractivity contribution >= 4 is 0 Å². The third-order valence-corrected chi connectivity index (χ3v) is 1.17. The highest BCUT2D eigenvalue weighted by Crippen LogP contribution is 2.14. The fraction of sp³-hybridized carbons (Fsp3) is 0.500. The lowest BCUT2D eigenvalue weighted by Gasteiger charge is -1.95. The van der Waals surface area contributed by atoms with Crippen molar-refractivity contribution in [1.82, 2.24) is 5.16 Å². The second-order valence-electron chi connectivity index (χ2n) is 2.07. The van der Waals surface area contributed by atoms with Crippen LogP contribution in [-0.4, -0.2) is 11.7 Å². The Morgan fingerprint density at radius 2 is 2.60 bits per heavy atom. The van der Waals surface area contributed by atoms with E-state index < -0.39 is 6.17 Å². The van der Waals surface area contributed by atoms with Crippen molar-refractivity contribution in [2.45, 2.75) is 13.1 Å². The second kappa shape index (κ2) is 2.79. The fourth-order valence-corrected chi connectivity index (χ4v) is 0.654. The first-order chi connectivity index (χ1) is 4.74. The average molecular weight is 144 g/mol. The molecule has 4 heteroatoms. The summed E-state index contributed by atoms with van der Waals surface area (Å²) in [6.07, 6.45) is -1.20. The zero-order valence-corrected chi connectivity index (χ0v) is 5.67. The Balaban J connectivity index is 2.74. The van der Waals surface area contributed by atoms with Gasteiger partial charge < -0.3 is 10.3 Å². The SMILES string of the molecule is Cc1cc(C(F)CN)no1. The smallest absolute Gasteiger partial charge is 0.157 e. The minimum Gasteiger partial charge on any atom is -0.361 e. The normalized spacial score (nSPS) is 13.5. The number of hydrogen-bond donors (Lipinski definition) is 1. The molecule has 1 rings (SSSR count). The van der Waals surface area contributed by atoms with Gasteiger partial charge in [-0.25, -0.2) is 4.39 Å². The monoisotopic (exact) mass is 144 g/mol. The van der Waals surface area contributed by atoms with Crippen LogP contribution in [0.15, 0.2) is 10.6 Å². The highest BCUT2D eigenvalue weighted by Gasteiger charge is 2.11. The number of aryl methyl sites for hydroxylation is 1. The van der Waals surface area contributed by atoms with E-state index in [-0.39, 0.29) is 12.2 Å². The molecule has 0 spiro atoms. The zero-order chi connectivity index (χ0) is 7.56. The van der Waals surface area contributed by atoms with E-state index in [1.54, 1.807) is 6.92 Å². The van der Waals surface area contributed by atoms with Crippen LogP contribution in [0.2, 0.25) is 0 Å². The van der Waals surface area contributed by atoms with E-state index in [2.05, 4.69) is 9.68 Å².